The lowest BCUT2D eigenvalue weighted by atomic mass is 9.84. The summed E-state index contributed by atoms with van der Waals surface area (Å²) in [4.78, 5) is 17.0. The molecule has 2 heterocycles. The smallest absolute Gasteiger partial charge is 0.339 e. The Bertz CT molecular complexity index is 689. The van der Waals surface area contributed by atoms with Gasteiger partial charge in [0.05, 0.1) is 5.56 Å². The van der Waals surface area contributed by atoms with Crippen LogP contribution in [-0.4, -0.2) is 40.4 Å². The van der Waals surface area contributed by atoms with Crippen LogP contribution in [0, 0.1) is 5.82 Å². The number of benzene rings is 1. The molecule has 1 unspecified atom stereocenters. The van der Waals surface area contributed by atoms with Crippen molar-refractivity contribution in [2.75, 3.05) is 13.1 Å². The van der Waals surface area contributed by atoms with E-state index in [1.807, 2.05) is 23.6 Å². The van der Waals surface area contributed by atoms with E-state index in [1.54, 1.807) is 0 Å². The molecular weight excluding hydrogens is 348 g/mol. The lowest BCUT2D eigenvalue weighted by Gasteiger charge is -2.46. The number of nitrogens with zero attached hydrogens (tertiary/aromatic N) is 2. The number of hydrogen-bond donors (Lipinski definition) is 0. The number of alkyl halides is 3. The molecule has 1 aromatic carbocycles. The molecular formula is C19H24F4N2O. The summed E-state index contributed by atoms with van der Waals surface area (Å²) >= 11 is 0. The number of piperidine rings is 1. The van der Waals surface area contributed by atoms with Crippen LogP contribution in [-0.2, 0) is 17.5 Å². The van der Waals surface area contributed by atoms with Gasteiger partial charge in [-0.15, -0.1) is 0 Å². The van der Waals surface area contributed by atoms with Crippen LogP contribution in [0.15, 0.2) is 18.2 Å². The molecule has 2 saturated heterocycles. The zero-order valence-electron chi connectivity index (χ0n) is 15.1. The van der Waals surface area contributed by atoms with Crippen molar-refractivity contribution < 1.29 is 22.4 Å². The average Bonchev–Trinajstić information content (AvgIpc) is 2.92. The van der Waals surface area contributed by atoms with E-state index in [2.05, 4.69) is 0 Å². The highest BCUT2D eigenvalue weighted by molar-refractivity contribution is 5.87. The number of rotatable bonds is 3. The van der Waals surface area contributed by atoms with Crippen molar-refractivity contribution in [3.63, 3.8) is 0 Å². The maximum Gasteiger partial charge on any atom is 0.419 e. The summed E-state index contributed by atoms with van der Waals surface area (Å²) < 4.78 is 52.1. The normalized spacial score (nSPS) is 24.9. The van der Waals surface area contributed by atoms with E-state index in [0.717, 1.165) is 44.4 Å². The second kappa shape index (κ2) is 6.83. The molecule has 2 aliphatic heterocycles. The Morgan fingerprint density at radius 3 is 2.38 bits per heavy atom. The van der Waals surface area contributed by atoms with Crippen molar-refractivity contribution in [1.82, 2.24) is 9.80 Å². The molecule has 0 N–H and O–H groups in total. The van der Waals surface area contributed by atoms with Crippen LogP contribution in [0.3, 0.4) is 0 Å². The van der Waals surface area contributed by atoms with Crippen molar-refractivity contribution in [3.05, 3.63) is 35.1 Å². The van der Waals surface area contributed by atoms with Gasteiger partial charge in [-0.25, -0.2) is 4.39 Å². The highest BCUT2D eigenvalue weighted by atomic mass is 19.4. The Hall–Kier alpha value is -1.63. The number of carbonyl (C=O) groups is 1. The summed E-state index contributed by atoms with van der Waals surface area (Å²) in [5.41, 5.74) is -1.38. The van der Waals surface area contributed by atoms with Gasteiger partial charge in [0.1, 0.15) is 11.4 Å². The maximum absolute atomic E-state index is 13.9. The number of carbonyl (C=O) groups excluding carboxylic acids is 1. The summed E-state index contributed by atoms with van der Waals surface area (Å²) in [5.74, 6) is -1.16. The van der Waals surface area contributed by atoms with Gasteiger partial charge in [-0.05, 0) is 63.8 Å². The molecule has 144 valence electrons. The van der Waals surface area contributed by atoms with E-state index >= 15 is 0 Å². The molecule has 2 fully saturated rings. The Balaban J connectivity index is 1.83. The minimum absolute atomic E-state index is 0.101. The topological polar surface area (TPSA) is 23.6 Å². The molecule has 7 heteroatoms. The Morgan fingerprint density at radius 1 is 1.15 bits per heavy atom. The van der Waals surface area contributed by atoms with Crippen molar-refractivity contribution in [3.8, 4) is 0 Å². The summed E-state index contributed by atoms with van der Waals surface area (Å²) in [6.45, 7) is 5.69. The predicted molar refractivity (Wildman–Crippen MR) is 89.9 cm³/mol. The first-order valence-corrected chi connectivity index (χ1v) is 9.07. The van der Waals surface area contributed by atoms with E-state index in [0.29, 0.717) is 12.1 Å². The van der Waals surface area contributed by atoms with E-state index in [4.69, 9.17) is 0 Å². The SMILES string of the molecule is CC(C)N1CCCC2(CCCN2Cc2ccc(C(F)(F)F)c(F)c2)C1=O. The second-order valence-electron chi connectivity index (χ2n) is 7.56. The predicted octanol–water partition coefficient (Wildman–Crippen LogP) is 4.21. The third-order valence-corrected chi connectivity index (χ3v) is 5.61. The monoisotopic (exact) mass is 372 g/mol. The molecule has 3 nitrogen and oxygen atoms in total. The summed E-state index contributed by atoms with van der Waals surface area (Å²) in [6.07, 6.45) is -1.44. The first-order chi connectivity index (χ1) is 12.1. The third-order valence-electron chi connectivity index (χ3n) is 5.61. The van der Waals surface area contributed by atoms with Crippen molar-refractivity contribution in [2.24, 2.45) is 0 Å². The lowest BCUT2D eigenvalue weighted by Crippen LogP contribution is -2.61. The van der Waals surface area contributed by atoms with Crippen molar-refractivity contribution in [1.29, 1.82) is 0 Å². The number of halogens is 4. The zero-order chi connectivity index (χ0) is 19.1. The van der Waals surface area contributed by atoms with Crippen LogP contribution >= 0.6 is 0 Å². The van der Waals surface area contributed by atoms with Crippen LogP contribution in [0.1, 0.15) is 50.7 Å². The van der Waals surface area contributed by atoms with Gasteiger partial charge in [-0.1, -0.05) is 6.07 Å². The van der Waals surface area contributed by atoms with Crippen molar-refractivity contribution in [2.45, 2.75) is 63.8 Å². The summed E-state index contributed by atoms with van der Waals surface area (Å²) in [7, 11) is 0. The van der Waals surface area contributed by atoms with Gasteiger partial charge in [-0.2, -0.15) is 13.2 Å². The molecule has 0 saturated carbocycles. The number of likely N-dealkylation sites (tertiary alicyclic amines) is 2. The lowest BCUT2D eigenvalue weighted by molar-refractivity contribution is -0.149. The quantitative estimate of drug-likeness (QED) is 0.742. The first kappa shape index (κ1) is 19.1. The Morgan fingerprint density at radius 2 is 1.81 bits per heavy atom. The fourth-order valence-corrected chi connectivity index (χ4v) is 4.31. The Kier molecular flexibility index (Phi) is 5.03. The fraction of sp³-hybridized carbons (Fsp3) is 0.632. The van der Waals surface area contributed by atoms with Crippen LogP contribution in [0.25, 0.3) is 0 Å². The highest BCUT2D eigenvalue weighted by Gasteiger charge is 2.51. The van der Waals surface area contributed by atoms with E-state index < -0.39 is 23.1 Å². The molecule has 0 bridgehead atoms. The molecule has 2 aliphatic rings. The molecule has 26 heavy (non-hydrogen) atoms. The van der Waals surface area contributed by atoms with Crippen LogP contribution < -0.4 is 0 Å². The second-order valence-corrected chi connectivity index (χ2v) is 7.56. The number of amides is 1. The maximum atomic E-state index is 13.9. The average molecular weight is 372 g/mol. The number of hydrogen-bond acceptors (Lipinski definition) is 2. The van der Waals surface area contributed by atoms with Gasteiger partial charge >= 0.3 is 6.18 Å². The molecule has 1 amide bonds. The van der Waals surface area contributed by atoms with Gasteiger partial charge in [0, 0.05) is 19.1 Å². The van der Waals surface area contributed by atoms with Crippen LogP contribution in [0.4, 0.5) is 17.6 Å². The first-order valence-electron chi connectivity index (χ1n) is 9.07. The van der Waals surface area contributed by atoms with Gasteiger partial charge in [0.25, 0.3) is 0 Å². The molecule has 3 rings (SSSR count). The van der Waals surface area contributed by atoms with Gasteiger partial charge < -0.3 is 4.90 Å². The standard InChI is InChI=1S/C19H24F4N2O/c1-13(2)25-10-4-8-18(17(25)26)7-3-9-24(18)12-14-5-6-15(16(20)11-14)19(21,22)23/h5-6,11,13H,3-4,7-10,12H2,1-2H3. The largest absolute Gasteiger partial charge is 0.419 e. The minimum atomic E-state index is -4.70. The third kappa shape index (κ3) is 3.33. The van der Waals surface area contributed by atoms with Gasteiger partial charge in [0.2, 0.25) is 5.91 Å². The summed E-state index contributed by atoms with van der Waals surface area (Å²) in [6, 6.07) is 3.16. The Labute approximate surface area is 151 Å². The van der Waals surface area contributed by atoms with E-state index in [1.165, 1.54) is 6.07 Å². The van der Waals surface area contributed by atoms with Gasteiger partial charge in [0.15, 0.2) is 0 Å². The fourth-order valence-electron chi connectivity index (χ4n) is 4.31. The molecule has 1 atom stereocenters. The van der Waals surface area contributed by atoms with Gasteiger partial charge in [-0.3, -0.25) is 9.69 Å². The molecule has 0 radical (unpaired) electrons. The van der Waals surface area contributed by atoms with E-state index in [-0.39, 0.29) is 18.5 Å². The minimum Gasteiger partial charge on any atom is -0.339 e. The highest BCUT2D eigenvalue weighted by Crippen LogP contribution is 2.40. The van der Waals surface area contributed by atoms with E-state index in [9.17, 15) is 22.4 Å². The van der Waals surface area contributed by atoms with Crippen LogP contribution in [0.5, 0.6) is 0 Å². The molecule has 1 aromatic rings. The van der Waals surface area contributed by atoms with Crippen LogP contribution in [0.2, 0.25) is 0 Å². The van der Waals surface area contributed by atoms with Crippen molar-refractivity contribution >= 4 is 5.91 Å². The molecule has 0 aliphatic carbocycles. The molecule has 1 spiro atoms. The zero-order valence-corrected chi connectivity index (χ0v) is 15.1. The molecule has 0 aromatic heterocycles. The summed E-state index contributed by atoms with van der Waals surface area (Å²) in [5, 5.41) is 0.